The maximum absolute atomic E-state index is 5.38. The van der Waals surface area contributed by atoms with Gasteiger partial charge in [-0.25, -0.2) is 0 Å². The standard InChI is InChI=1S/C14H22BrN3O/c1-19-14-3-2-13(15)10-12(14)4-5-17-11-18-8-6-16-7-9-18/h2-3,10,16-17H,4-9,11H2,1H3. The van der Waals surface area contributed by atoms with Crippen LogP contribution < -0.4 is 15.4 Å². The van der Waals surface area contributed by atoms with E-state index in [1.807, 2.05) is 12.1 Å². The predicted octanol–water partition coefficient (Wildman–Crippen LogP) is 1.45. The van der Waals surface area contributed by atoms with Gasteiger partial charge in [-0.15, -0.1) is 0 Å². The van der Waals surface area contributed by atoms with Crippen LogP contribution in [0.4, 0.5) is 0 Å². The van der Waals surface area contributed by atoms with Crippen LogP contribution in [0.5, 0.6) is 5.75 Å². The van der Waals surface area contributed by atoms with Gasteiger partial charge in [0, 0.05) is 43.9 Å². The Bertz CT molecular complexity index is 394. The maximum Gasteiger partial charge on any atom is 0.122 e. The fourth-order valence-corrected chi connectivity index (χ4v) is 2.68. The van der Waals surface area contributed by atoms with E-state index in [0.29, 0.717) is 0 Å². The SMILES string of the molecule is COc1ccc(Br)cc1CCNCN1CCNCC1. The number of rotatable bonds is 6. The van der Waals surface area contributed by atoms with Crippen LogP contribution in [0.25, 0.3) is 0 Å². The minimum absolute atomic E-state index is 0.965. The zero-order chi connectivity index (χ0) is 13.5. The van der Waals surface area contributed by atoms with Crippen molar-refractivity contribution in [3.63, 3.8) is 0 Å². The molecule has 0 bridgehead atoms. The molecule has 19 heavy (non-hydrogen) atoms. The molecule has 5 heteroatoms. The van der Waals surface area contributed by atoms with Crippen molar-refractivity contribution in [1.82, 2.24) is 15.5 Å². The average molecular weight is 328 g/mol. The molecule has 0 saturated carbocycles. The topological polar surface area (TPSA) is 36.5 Å². The van der Waals surface area contributed by atoms with Gasteiger partial charge in [0.25, 0.3) is 0 Å². The summed E-state index contributed by atoms with van der Waals surface area (Å²) in [6.45, 7) is 6.40. The molecule has 106 valence electrons. The molecule has 0 aromatic heterocycles. The van der Waals surface area contributed by atoms with Gasteiger partial charge in [0.1, 0.15) is 5.75 Å². The molecule has 0 unspecified atom stereocenters. The Morgan fingerprint density at radius 2 is 2.16 bits per heavy atom. The molecule has 0 aliphatic carbocycles. The van der Waals surface area contributed by atoms with Crippen LogP contribution in [-0.4, -0.2) is 51.4 Å². The van der Waals surface area contributed by atoms with Gasteiger partial charge in [-0.3, -0.25) is 4.90 Å². The lowest BCUT2D eigenvalue weighted by atomic mass is 10.1. The lowest BCUT2D eigenvalue weighted by Crippen LogP contribution is -2.47. The molecule has 1 aromatic carbocycles. The third kappa shape index (κ3) is 4.76. The molecule has 0 atom stereocenters. The van der Waals surface area contributed by atoms with Gasteiger partial charge in [0.2, 0.25) is 0 Å². The molecule has 1 aliphatic rings. The van der Waals surface area contributed by atoms with Crippen molar-refractivity contribution in [3.8, 4) is 5.75 Å². The van der Waals surface area contributed by atoms with E-state index in [4.69, 9.17) is 4.74 Å². The molecule has 2 rings (SSSR count). The summed E-state index contributed by atoms with van der Waals surface area (Å²) in [5.74, 6) is 0.965. The molecule has 0 radical (unpaired) electrons. The first-order valence-corrected chi connectivity index (χ1v) is 7.55. The summed E-state index contributed by atoms with van der Waals surface area (Å²) < 4.78 is 6.48. The van der Waals surface area contributed by atoms with Gasteiger partial charge in [0.15, 0.2) is 0 Å². The summed E-state index contributed by atoms with van der Waals surface area (Å²) in [6, 6.07) is 6.15. The third-order valence-corrected chi connectivity index (χ3v) is 3.85. The van der Waals surface area contributed by atoms with Crippen molar-refractivity contribution in [1.29, 1.82) is 0 Å². The van der Waals surface area contributed by atoms with Gasteiger partial charge in [-0.2, -0.15) is 0 Å². The molecule has 1 aromatic rings. The van der Waals surface area contributed by atoms with Crippen LogP contribution in [0.15, 0.2) is 22.7 Å². The molecule has 1 saturated heterocycles. The largest absolute Gasteiger partial charge is 0.496 e. The number of methoxy groups -OCH3 is 1. The highest BCUT2D eigenvalue weighted by molar-refractivity contribution is 9.10. The number of hydrogen-bond acceptors (Lipinski definition) is 4. The van der Waals surface area contributed by atoms with E-state index in [2.05, 4.69) is 37.5 Å². The first kappa shape index (κ1) is 14.8. The summed E-state index contributed by atoms with van der Waals surface area (Å²) in [5.41, 5.74) is 1.24. The lowest BCUT2D eigenvalue weighted by Gasteiger charge is -2.27. The van der Waals surface area contributed by atoms with Crippen molar-refractivity contribution in [2.75, 3.05) is 46.5 Å². The van der Waals surface area contributed by atoms with Gasteiger partial charge < -0.3 is 15.4 Å². The first-order valence-electron chi connectivity index (χ1n) is 6.76. The molecule has 2 N–H and O–H groups in total. The van der Waals surface area contributed by atoms with Crippen LogP contribution >= 0.6 is 15.9 Å². The molecule has 4 nitrogen and oxygen atoms in total. The summed E-state index contributed by atoms with van der Waals surface area (Å²) in [5, 5.41) is 6.86. The van der Waals surface area contributed by atoms with Crippen LogP contribution in [0, 0.1) is 0 Å². The lowest BCUT2D eigenvalue weighted by molar-refractivity contribution is 0.224. The third-order valence-electron chi connectivity index (χ3n) is 3.36. The van der Waals surface area contributed by atoms with Crippen LogP contribution in [0.1, 0.15) is 5.56 Å². The van der Waals surface area contributed by atoms with E-state index in [0.717, 1.165) is 56.0 Å². The van der Waals surface area contributed by atoms with Crippen molar-refractivity contribution in [2.24, 2.45) is 0 Å². The van der Waals surface area contributed by atoms with Gasteiger partial charge in [-0.05, 0) is 30.2 Å². The Labute approximate surface area is 123 Å². The van der Waals surface area contributed by atoms with Crippen molar-refractivity contribution in [2.45, 2.75) is 6.42 Å². The Balaban J connectivity index is 1.74. The minimum Gasteiger partial charge on any atom is -0.496 e. The minimum atomic E-state index is 0.965. The molecular weight excluding hydrogens is 306 g/mol. The average Bonchev–Trinajstić information content (AvgIpc) is 2.45. The second-order valence-corrected chi connectivity index (χ2v) is 5.65. The quantitative estimate of drug-likeness (QED) is 0.775. The zero-order valence-electron chi connectivity index (χ0n) is 11.4. The van der Waals surface area contributed by atoms with Crippen LogP contribution in [0.2, 0.25) is 0 Å². The number of halogens is 1. The Hall–Kier alpha value is -0.620. The van der Waals surface area contributed by atoms with E-state index in [1.165, 1.54) is 5.56 Å². The number of benzene rings is 1. The van der Waals surface area contributed by atoms with E-state index in [9.17, 15) is 0 Å². The number of ether oxygens (including phenoxy) is 1. The zero-order valence-corrected chi connectivity index (χ0v) is 13.0. The fourth-order valence-electron chi connectivity index (χ4n) is 2.27. The number of nitrogens with zero attached hydrogens (tertiary/aromatic N) is 1. The normalized spacial score (nSPS) is 16.5. The van der Waals surface area contributed by atoms with Gasteiger partial charge in [-0.1, -0.05) is 15.9 Å². The highest BCUT2D eigenvalue weighted by Gasteiger charge is 2.08. The summed E-state index contributed by atoms with van der Waals surface area (Å²) in [4.78, 5) is 2.44. The summed E-state index contributed by atoms with van der Waals surface area (Å²) in [6.07, 6.45) is 0.981. The molecule has 1 aliphatic heterocycles. The van der Waals surface area contributed by atoms with Crippen molar-refractivity contribution in [3.05, 3.63) is 28.2 Å². The van der Waals surface area contributed by atoms with E-state index < -0.39 is 0 Å². The van der Waals surface area contributed by atoms with Crippen LogP contribution in [0.3, 0.4) is 0 Å². The van der Waals surface area contributed by atoms with E-state index >= 15 is 0 Å². The molecule has 0 amide bonds. The fraction of sp³-hybridized carbons (Fsp3) is 0.571. The molecule has 1 heterocycles. The monoisotopic (exact) mass is 327 g/mol. The summed E-state index contributed by atoms with van der Waals surface area (Å²) >= 11 is 3.51. The van der Waals surface area contributed by atoms with Crippen molar-refractivity contribution < 1.29 is 4.74 Å². The first-order chi connectivity index (χ1) is 9.29. The highest BCUT2D eigenvalue weighted by atomic mass is 79.9. The van der Waals surface area contributed by atoms with E-state index in [-0.39, 0.29) is 0 Å². The van der Waals surface area contributed by atoms with Gasteiger partial charge >= 0.3 is 0 Å². The predicted molar refractivity (Wildman–Crippen MR) is 81.7 cm³/mol. The Morgan fingerprint density at radius 3 is 2.89 bits per heavy atom. The molecular formula is C14H22BrN3O. The molecule has 1 fully saturated rings. The van der Waals surface area contributed by atoms with E-state index in [1.54, 1.807) is 7.11 Å². The highest BCUT2D eigenvalue weighted by Crippen LogP contribution is 2.23. The number of hydrogen-bond donors (Lipinski definition) is 2. The van der Waals surface area contributed by atoms with Crippen LogP contribution in [-0.2, 0) is 6.42 Å². The summed E-state index contributed by atoms with van der Waals surface area (Å²) in [7, 11) is 1.72. The second-order valence-electron chi connectivity index (χ2n) is 4.73. The number of piperazine rings is 1. The smallest absolute Gasteiger partial charge is 0.122 e. The molecule has 0 spiro atoms. The second kappa shape index (κ2) is 7.85. The Morgan fingerprint density at radius 1 is 1.37 bits per heavy atom. The number of nitrogens with one attached hydrogen (secondary N) is 2. The van der Waals surface area contributed by atoms with Crippen molar-refractivity contribution >= 4 is 15.9 Å². The van der Waals surface area contributed by atoms with Gasteiger partial charge in [0.05, 0.1) is 7.11 Å². The maximum atomic E-state index is 5.38. The Kier molecular flexibility index (Phi) is 6.10.